The van der Waals surface area contributed by atoms with Crippen molar-refractivity contribution in [3.05, 3.63) is 58.1 Å². The lowest BCUT2D eigenvalue weighted by atomic mass is 10.1. The topological polar surface area (TPSA) is 55.1 Å². The summed E-state index contributed by atoms with van der Waals surface area (Å²) in [6.07, 6.45) is 0. The van der Waals surface area contributed by atoms with Crippen LogP contribution in [-0.2, 0) is 0 Å². The monoisotopic (exact) mass is 304 g/mol. The molecule has 0 radical (unpaired) electrons. The fourth-order valence-electron chi connectivity index (χ4n) is 1.70. The lowest BCUT2D eigenvalue weighted by molar-refractivity contribution is 0.102. The number of anilines is 2. The van der Waals surface area contributed by atoms with E-state index in [1.807, 2.05) is 25.1 Å². The van der Waals surface area contributed by atoms with E-state index in [2.05, 4.69) is 21.2 Å². The molecule has 0 unspecified atom stereocenters. The average molecular weight is 305 g/mol. The minimum absolute atomic E-state index is 0.134. The zero-order chi connectivity index (χ0) is 13.1. The van der Waals surface area contributed by atoms with Crippen LogP contribution < -0.4 is 11.1 Å². The van der Waals surface area contributed by atoms with E-state index in [0.29, 0.717) is 16.9 Å². The molecule has 0 aromatic heterocycles. The van der Waals surface area contributed by atoms with Crippen LogP contribution in [0, 0.1) is 6.92 Å². The smallest absolute Gasteiger partial charge is 0.255 e. The van der Waals surface area contributed by atoms with E-state index in [4.69, 9.17) is 5.73 Å². The van der Waals surface area contributed by atoms with Gasteiger partial charge >= 0.3 is 0 Å². The Morgan fingerprint density at radius 2 is 2.00 bits per heavy atom. The zero-order valence-electron chi connectivity index (χ0n) is 9.91. The molecule has 2 aromatic carbocycles. The number of carbonyl (C=O) groups excluding carboxylic acids is 1. The standard InChI is InChI=1S/C14H13BrN2O/c1-9-7-10(15)5-6-13(9)14(18)17-12-4-2-3-11(16)8-12/h2-8H,16H2,1H3,(H,17,18). The fraction of sp³-hybridized carbons (Fsp3) is 0.0714. The third-order valence-electron chi connectivity index (χ3n) is 2.58. The quantitative estimate of drug-likeness (QED) is 0.833. The number of hydrogen-bond donors (Lipinski definition) is 2. The Bertz CT molecular complexity index is 596. The van der Waals surface area contributed by atoms with Crippen molar-refractivity contribution in [3.8, 4) is 0 Å². The first-order chi connectivity index (χ1) is 8.56. The molecule has 0 aliphatic carbocycles. The van der Waals surface area contributed by atoms with Gasteiger partial charge in [0.15, 0.2) is 0 Å². The predicted molar refractivity (Wildman–Crippen MR) is 77.7 cm³/mol. The van der Waals surface area contributed by atoms with Crippen LogP contribution in [0.5, 0.6) is 0 Å². The van der Waals surface area contributed by atoms with Gasteiger partial charge in [0.1, 0.15) is 0 Å². The summed E-state index contributed by atoms with van der Waals surface area (Å²) in [5.41, 5.74) is 8.56. The molecule has 0 saturated heterocycles. The number of hydrogen-bond acceptors (Lipinski definition) is 2. The molecule has 0 saturated carbocycles. The normalized spacial score (nSPS) is 10.1. The summed E-state index contributed by atoms with van der Waals surface area (Å²) >= 11 is 3.37. The Balaban J connectivity index is 2.22. The minimum atomic E-state index is -0.134. The summed E-state index contributed by atoms with van der Waals surface area (Å²) in [6.45, 7) is 1.90. The van der Waals surface area contributed by atoms with Gasteiger partial charge in [-0.2, -0.15) is 0 Å². The molecule has 1 amide bonds. The van der Waals surface area contributed by atoms with Gasteiger partial charge in [0.25, 0.3) is 5.91 Å². The molecule has 0 spiro atoms. The molecule has 92 valence electrons. The van der Waals surface area contributed by atoms with Crippen LogP contribution in [0.4, 0.5) is 11.4 Å². The minimum Gasteiger partial charge on any atom is -0.399 e. The van der Waals surface area contributed by atoms with Crippen molar-refractivity contribution in [1.82, 2.24) is 0 Å². The largest absolute Gasteiger partial charge is 0.399 e. The van der Waals surface area contributed by atoms with Crippen molar-refractivity contribution in [2.75, 3.05) is 11.1 Å². The maximum Gasteiger partial charge on any atom is 0.255 e. The third-order valence-corrected chi connectivity index (χ3v) is 3.07. The fourth-order valence-corrected chi connectivity index (χ4v) is 2.17. The van der Waals surface area contributed by atoms with Crippen molar-refractivity contribution in [2.45, 2.75) is 6.92 Å². The number of nitrogens with one attached hydrogen (secondary N) is 1. The van der Waals surface area contributed by atoms with E-state index in [0.717, 1.165) is 10.0 Å². The Kier molecular flexibility index (Phi) is 3.67. The number of benzene rings is 2. The highest BCUT2D eigenvalue weighted by Gasteiger charge is 2.09. The van der Waals surface area contributed by atoms with Crippen molar-refractivity contribution in [1.29, 1.82) is 0 Å². The number of nitrogens with two attached hydrogens (primary N) is 1. The molecule has 2 aromatic rings. The van der Waals surface area contributed by atoms with Gasteiger partial charge in [0, 0.05) is 21.4 Å². The number of halogens is 1. The number of aryl methyl sites for hydroxylation is 1. The Morgan fingerprint density at radius 3 is 2.67 bits per heavy atom. The third kappa shape index (κ3) is 2.90. The summed E-state index contributed by atoms with van der Waals surface area (Å²) in [6, 6.07) is 12.7. The van der Waals surface area contributed by atoms with Gasteiger partial charge in [0.2, 0.25) is 0 Å². The predicted octanol–water partition coefficient (Wildman–Crippen LogP) is 3.59. The first kappa shape index (κ1) is 12.6. The van der Waals surface area contributed by atoms with Crippen LogP contribution in [-0.4, -0.2) is 5.91 Å². The Morgan fingerprint density at radius 1 is 1.22 bits per heavy atom. The highest BCUT2D eigenvalue weighted by atomic mass is 79.9. The summed E-state index contributed by atoms with van der Waals surface area (Å²) in [5.74, 6) is -0.134. The summed E-state index contributed by atoms with van der Waals surface area (Å²) in [7, 11) is 0. The Hall–Kier alpha value is -1.81. The van der Waals surface area contributed by atoms with E-state index in [9.17, 15) is 4.79 Å². The van der Waals surface area contributed by atoms with E-state index in [1.54, 1.807) is 24.3 Å². The summed E-state index contributed by atoms with van der Waals surface area (Å²) in [4.78, 5) is 12.1. The molecule has 0 atom stereocenters. The molecule has 4 heteroatoms. The number of rotatable bonds is 2. The first-order valence-electron chi connectivity index (χ1n) is 5.49. The highest BCUT2D eigenvalue weighted by molar-refractivity contribution is 9.10. The van der Waals surface area contributed by atoms with E-state index >= 15 is 0 Å². The molecular weight excluding hydrogens is 292 g/mol. The molecule has 0 bridgehead atoms. The molecule has 18 heavy (non-hydrogen) atoms. The molecule has 0 aliphatic heterocycles. The molecule has 0 aliphatic rings. The van der Waals surface area contributed by atoms with Gasteiger partial charge in [-0.1, -0.05) is 22.0 Å². The molecule has 3 nitrogen and oxygen atoms in total. The van der Waals surface area contributed by atoms with Crippen LogP contribution in [0.3, 0.4) is 0 Å². The SMILES string of the molecule is Cc1cc(Br)ccc1C(=O)Nc1cccc(N)c1. The van der Waals surface area contributed by atoms with Gasteiger partial charge in [-0.25, -0.2) is 0 Å². The molecule has 2 rings (SSSR count). The van der Waals surface area contributed by atoms with Crippen LogP contribution >= 0.6 is 15.9 Å². The van der Waals surface area contributed by atoms with Gasteiger partial charge in [-0.05, 0) is 48.9 Å². The van der Waals surface area contributed by atoms with Crippen molar-refractivity contribution in [3.63, 3.8) is 0 Å². The van der Waals surface area contributed by atoms with Crippen molar-refractivity contribution >= 4 is 33.2 Å². The van der Waals surface area contributed by atoms with E-state index in [-0.39, 0.29) is 5.91 Å². The van der Waals surface area contributed by atoms with Gasteiger partial charge < -0.3 is 11.1 Å². The van der Waals surface area contributed by atoms with Gasteiger partial charge in [-0.3, -0.25) is 4.79 Å². The number of carbonyl (C=O) groups is 1. The van der Waals surface area contributed by atoms with Crippen LogP contribution in [0.1, 0.15) is 15.9 Å². The van der Waals surface area contributed by atoms with E-state index in [1.165, 1.54) is 0 Å². The lowest BCUT2D eigenvalue weighted by Crippen LogP contribution is -2.13. The summed E-state index contributed by atoms with van der Waals surface area (Å²) in [5, 5.41) is 2.83. The molecular formula is C14H13BrN2O. The molecule has 3 N–H and O–H groups in total. The van der Waals surface area contributed by atoms with Gasteiger partial charge in [-0.15, -0.1) is 0 Å². The van der Waals surface area contributed by atoms with E-state index < -0.39 is 0 Å². The second-order valence-electron chi connectivity index (χ2n) is 4.04. The average Bonchev–Trinajstić information content (AvgIpc) is 2.28. The van der Waals surface area contributed by atoms with Crippen LogP contribution in [0.15, 0.2) is 46.9 Å². The number of nitrogen functional groups attached to an aromatic ring is 1. The highest BCUT2D eigenvalue weighted by Crippen LogP contribution is 2.18. The zero-order valence-corrected chi connectivity index (χ0v) is 11.5. The maximum absolute atomic E-state index is 12.1. The van der Waals surface area contributed by atoms with Crippen molar-refractivity contribution < 1.29 is 4.79 Å². The van der Waals surface area contributed by atoms with Crippen LogP contribution in [0.2, 0.25) is 0 Å². The lowest BCUT2D eigenvalue weighted by Gasteiger charge is -2.08. The Labute approximate surface area is 114 Å². The second-order valence-corrected chi connectivity index (χ2v) is 4.95. The van der Waals surface area contributed by atoms with Crippen molar-refractivity contribution in [2.24, 2.45) is 0 Å². The van der Waals surface area contributed by atoms with Gasteiger partial charge in [0.05, 0.1) is 0 Å². The van der Waals surface area contributed by atoms with Crippen LogP contribution in [0.25, 0.3) is 0 Å². The molecule has 0 fully saturated rings. The molecule has 0 heterocycles. The first-order valence-corrected chi connectivity index (χ1v) is 6.28. The second kappa shape index (κ2) is 5.23. The number of amides is 1. The summed E-state index contributed by atoms with van der Waals surface area (Å²) < 4.78 is 0.959. The maximum atomic E-state index is 12.1.